The molecule has 0 fully saturated rings. The molecule has 0 radical (unpaired) electrons. The zero-order valence-electron chi connectivity index (χ0n) is 14.3. The van der Waals surface area contributed by atoms with E-state index < -0.39 is 0 Å². The molecule has 1 amide bonds. The van der Waals surface area contributed by atoms with Gasteiger partial charge in [0.25, 0.3) is 0 Å². The molecule has 0 spiro atoms. The van der Waals surface area contributed by atoms with Crippen molar-refractivity contribution in [3.8, 4) is 12.3 Å². The van der Waals surface area contributed by atoms with Crippen molar-refractivity contribution in [1.82, 2.24) is 9.80 Å². The topological polar surface area (TPSA) is 23.6 Å². The Hall–Kier alpha value is -2.09. The third-order valence-corrected chi connectivity index (χ3v) is 6.36. The number of benzene rings is 1. The van der Waals surface area contributed by atoms with Gasteiger partial charge in [-0.1, -0.05) is 30.2 Å². The van der Waals surface area contributed by atoms with E-state index in [1.807, 2.05) is 4.90 Å². The van der Waals surface area contributed by atoms with E-state index in [0.717, 1.165) is 32.4 Å². The van der Waals surface area contributed by atoms with Gasteiger partial charge in [0.05, 0.1) is 13.1 Å². The van der Waals surface area contributed by atoms with Gasteiger partial charge in [-0.25, -0.2) is 0 Å². The van der Waals surface area contributed by atoms with Gasteiger partial charge in [-0.3, -0.25) is 9.69 Å². The molecule has 2 heterocycles. The van der Waals surface area contributed by atoms with Crippen LogP contribution in [0.3, 0.4) is 0 Å². The molecule has 0 saturated heterocycles. The van der Waals surface area contributed by atoms with E-state index >= 15 is 0 Å². The summed E-state index contributed by atoms with van der Waals surface area (Å²) in [4.78, 5) is 18.5. The molecule has 0 saturated carbocycles. The molecular weight excluding hydrogens is 328 g/mol. The van der Waals surface area contributed by atoms with Crippen LogP contribution in [-0.4, -0.2) is 35.3 Å². The highest BCUT2D eigenvalue weighted by molar-refractivity contribution is 7.10. The van der Waals surface area contributed by atoms with Gasteiger partial charge in [-0.15, -0.1) is 17.8 Å². The van der Waals surface area contributed by atoms with Gasteiger partial charge in [-0.2, -0.15) is 0 Å². The summed E-state index contributed by atoms with van der Waals surface area (Å²) in [6.45, 7) is 2.48. The van der Waals surface area contributed by atoms with E-state index in [-0.39, 0.29) is 11.9 Å². The van der Waals surface area contributed by atoms with Gasteiger partial charge in [0.2, 0.25) is 5.91 Å². The monoisotopic (exact) mass is 350 g/mol. The van der Waals surface area contributed by atoms with Gasteiger partial charge >= 0.3 is 0 Å². The molecule has 25 heavy (non-hydrogen) atoms. The minimum absolute atomic E-state index is 0.191. The van der Waals surface area contributed by atoms with E-state index in [1.54, 1.807) is 11.3 Å². The number of carbonyl (C=O) groups is 1. The summed E-state index contributed by atoms with van der Waals surface area (Å²) in [5.74, 6) is 2.94. The van der Waals surface area contributed by atoms with E-state index in [4.69, 9.17) is 6.42 Å². The zero-order valence-corrected chi connectivity index (χ0v) is 15.1. The van der Waals surface area contributed by atoms with Crippen LogP contribution in [0.15, 0.2) is 35.7 Å². The highest BCUT2D eigenvalue weighted by Crippen LogP contribution is 2.35. The van der Waals surface area contributed by atoms with Crippen LogP contribution < -0.4 is 0 Å². The molecule has 4 rings (SSSR count). The summed E-state index contributed by atoms with van der Waals surface area (Å²) in [5, 5.41) is 2.12. The van der Waals surface area contributed by atoms with E-state index in [9.17, 15) is 4.79 Å². The van der Waals surface area contributed by atoms with Crippen LogP contribution in [0.5, 0.6) is 0 Å². The van der Waals surface area contributed by atoms with Crippen LogP contribution in [0.25, 0.3) is 0 Å². The Morgan fingerprint density at radius 3 is 3.04 bits per heavy atom. The fraction of sp³-hybridized carbons (Fsp3) is 0.381. The first-order chi connectivity index (χ1) is 12.3. The first kappa shape index (κ1) is 16.4. The number of fused-ring (bicyclic) bond motifs is 2. The molecule has 1 aromatic heterocycles. The Kier molecular flexibility index (Phi) is 4.61. The first-order valence-electron chi connectivity index (χ1n) is 8.84. The van der Waals surface area contributed by atoms with Crippen LogP contribution in [0.2, 0.25) is 0 Å². The summed E-state index contributed by atoms with van der Waals surface area (Å²) in [6.07, 6.45) is 8.69. The smallest absolute Gasteiger partial charge is 0.237 e. The molecule has 1 aliphatic carbocycles. The molecule has 0 bridgehead atoms. The fourth-order valence-corrected chi connectivity index (χ4v) is 4.93. The summed E-state index contributed by atoms with van der Waals surface area (Å²) >= 11 is 1.80. The molecule has 0 N–H and O–H groups in total. The lowest BCUT2D eigenvalue weighted by molar-refractivity contribution is -0.133. The lowest BCUT2D eigenvalue weighted by Gasteiger charge is -2.32. The number of thiophene rings is 1. The molecule has 2 aromatic rings. The SMILES string of the molecule is C#CCN(CC(=O)N1CCc2sccc2C1)[C@H]1CCc2ccccc21. The standard InChI is InChI=1S/C21H22N2OS/c1-2-11-22(19-8-7-16-5-3-4-6-18(16)19)15-21(24)23-12-9-20-17(14-23)10-13-25-20/h1,3-6,10,13,19H,7-9,11-12,14-15H2/t19-/m0/s1. The summed E-state index contributed by atoms with van der Waals surface area (Å²) in [7, 11) is 0. The number of rotatable bonds is 4. The summed E-state index contributed by atoms with van der Waals surface area (Å²) < 4.78 is 0. The average molecular weight is 350 g/mol. The lowest BCUT2D eigenvalue weighted by Crippen LogP contribution is -2.43. The Labute approximate surface area is 153 Å². The van der Waals surface area contributed by atoms with Crippen LogP contribution in [-0.2, 0) is 24.2 Å². The predicted molar refractivity (Wildman–Crippen MR) is 101 cm³/mol. The summed E-state index contributed by atoms with van der Waals surface area (Å²) in [6, 6.07) is 10.9. The minimum Gasteiger partial charge on any atom is -0.337 e. The molecule has 0 unspecified atom stereocenters. The second-order valence-corrected chi connectivity index (χ2v) is 7.80. The number of hydrogen-bond acceptors (Lipinski definition) is 3. The highest BCUT2D eigenvalue weighted by atomic mass is 32.1. The molecule has 1 aromatic carbocycles. The molecular formula is C21H22N2OS. The van der Waals surface area contributed by atoms with Crippen molar-refractivity contribution in [2.24, 2.45) is 0 Å². The van der Waals surface area contributed by atoms with Gasteiger partial charge in [0.1, 0.15) is 0 Å². The van der Waals surface area contributed by atoms with Crippen LogP contribution in [0.4, 0.5) is 0 Å². The first-order valence-corrected chi connectivity index (χ1v) is 9.72. The largest absolute Gasteiger partial charge is 0.337 e. The molecule has 1 aliphatic heterocycles. The van der Waals surface area contributed by atoms with E-state index in [0.29, 0.717) is 13.1 Å². The second kappa shape index (κ2) is 7.03. The Morgan fingerprint density at radius 2 is 2.16 bits per heavy atom. The molecule has 4 heteroatoms. The fourth-order valence-electron chi connectivity index (χ4n) is 4.04. The van der Waals surface area contributed by atoms with Gasteiger partial charge in [0, 0.05) is 24.0 Å². The number of nitrogens with zero attached hydrogens (tertiary/aromatic N) is 2. The van der Waals surface area contributed by atoms with Crippen LogP contribution in [0.1, 0.15) is 34.0 Å². The normalized spacial score (nSPS) is 18.7. The third-order valence-electron chi connectivity index (χ3n) is 5.34. The third kappa shape index (κ3) is 3.22. The van der Waals surface area contributed by atoms with Crippen molar-refractivity contribution in [3.63, 3.8) is 0 Å². The molecule has 3 nitrogen and oxygen atoms in total. The van der Waals surface area contributed by atoms with E-state index in [2.05, 4.69) is 46.5 Å². The maximum atomic E-state index is 12.9. The van der Waals surface area contributed by atoms with Crippen molar-refractivity contribution < 1.29 is 4.79 Å². The van der Waals surface area contributed by atoms with Gasteiger partial charge in [-0.05, 0) is 47.4 Å². The maximum Gasteiger partial charge on any atom is 0.237 e. The van der Waals surface area contributed by atoms with Crippen LogP contribution >= 0.6 is 11.3 Å². The quantitative estimate of drug-likeness (QED) is 0.790. The van der Waals surface area contributed by atoms with Gasteiger partial charge < -0.3 is 4.90 Å². The Morgan fingerprint density at radius 1 is 1.28 bits per heavy atom. The second-order valence-electron chi connectivity index (χ2n) is 6.80. The number of terminal acetylenes is 1. The highest BCUT2D eigenvalue weighted by Gasteiger charge is 2.30. The van der Waals surface area contributed by atoms with Crippen molar-refractivity contribution in [1.29, 1.82) is 0 Å². The Balaban J connectivity index is 1.48. The molecule has 1 atom stereocenters. The van der Waals surface area contributed by atoms with E-state index in [1.165, 1.54) is 21.6 Å². The predicted octanol–water partition coefficient (Wildman–Crippen LogP) is 3.26. The van der Waals surface area contributed by atoms with Crippen molar-refractivity contribution in [2.45, 2.75) is 31.8 Å². The van der Waals surface area contributed by atoms with Gasteiger partial charge in [0.15, 0.2) is 0 Å². The summed E-state index contributed by atoms with van der Waals surface area (Å²) in [5.41, 5.74) is 4.03. The number of amides is 1. The van der Waals surface area contributed by atoms with Crippen molar-refractivity contribution in [3.05, 3.63) is 57.3 Å². The minimum atomic E-state index is 0.191. The Bertz CT molecular complexity index is 819. The number of aryl methyl sites for hydroxylation is 1. The average Bonchev–Trinajstić information content (AvgIpc) is 3.27. The van der Waals surface area contributed by atoms with Crippen molar-refractivity contribution in [2.75, 3.05) is 19.6 Å². The lowest BCUT2D eigenvalue weighted by atomic mass is 10.1. The molecule has 2 aliphatic rings. The number of carbonyl (C=O) groups excluding carboxylic acids is 1. The number of hydrogen-bond donors (Lipinski definition) is 0. The maximum absolute atomic E-state index is 12.9. The zero-order chi connectivity index (χ0) is 17.2. The van der Waals surface area contributed by atoms with Crippen molar-refractivity contribution >= 4 is 17.2 Å². The van der Waals surface area contributed by atoms with Crippen LogP contribution in [0, 0.1) is 12.3 Å². The molecule has 128 valence electrons.